The Balaban J connectivity index is 1.75. The monoisotopic (exact) mass is 383 g/mol. The normalized spacial score (nSPS) is 36.2. The zero-order valence-electron chi connectivity index (χ0n) is 13.0. The Labute approximate surface area is 137 Å². The Morgan fingerprint density at radius 1 is 1.20 bits per heavy atom. The Bertz CT molecular complexity index is 493. The summed E-state index contributed by atoms with van der Waals surface area (Å²) in [5.41, 5.74) is 2.38. The number of hydrogen-bond acceptors (Lipinski definition) is 1. The van der Waals surface area contributed by atoms with Crippen LogP contribution < -0.4 is 5.32 Å². The van der Waals surface area contributed by atoms with Crippen LogP contribution in [-0.4, -0.2) is 6.04 Å². The van der Waals surface area contributed by atoms with E-state index in [2.05, 4.69) is 79.9 Å². The lowest BCUT2D eigenvalue weighted by Crippen LogP contribution is -2.45. The van der Waals surface area contributed by atoms with Crippen LogP contribution in [0, 0.1) is 20.3 Å². The summed E-state index contributed by atoms with van der Waals surface area (Å²) in [7, 11) is 0. The summed E-state index contributed by atoms with van der Waals surface area (Å²) >= 11 is 2.37. The van der Waals surface area contributed by atoms with E-state index < -0.39 is 0 Å². The maximum Gasteiger partial charge on any atom is 0.0294 e. The number of halogens is 1. The molecule has 2 aliphatic rings. The summed E-state index contributed by atoms with van der Waals surface area (Å²) in [4.78, 5) is 0. The van der Waals surface area contributed by atoms with Crippen LogP contribution in [0.4, 0.5) is 0 Å². The molecule has 0 spiro atoms. The van der Waals surface area contributed by atoms with Gasteiger partial charge in [-0.05, 0) is 83.2 Å². The standard InChI is InChI=1S/C18H26IN/c1-12(13-5-7-15(19)8-6-13)20-16-11-14-9-10-18(16,4)17(14,2)3/h5-8,12,14,16,20H,9-11H2,1-4H3. The van der Waals surface area contributed by atoms with Crippen molar-refractivity contribution in [3.63, 3.8) is 0 Å². The van der Waals surface area contributed by atoms with E-state index in [1.807, 2.05) is 0 Å². The van der Waals surface area contributed by atoms with Crippen molar-refractivity contribution >= 4 is 22.6 Å². The van der Waals surface area contributed by atoms with Crippen LogP contribution in [0.5, 0.6) is 0 Å². The van der Waals surface area contributed by atoms with E-state index in [4.69, 9.17) is 0 Å². The number of nitrogens with one attached hydrogen (secondary N) is 1. The Morgan fingerprint density at radius 3 is 2.35 bits per heavy atom. The second-order valence-corrected chi connectivity index (χ2v) is 8.85. The fourth-order valence-corrected chi connectivity index (χ4v) is 4.96. The zero-order chi connectivity index (χ0) is 14.5. The summed E-state index contributed by atoms with van der Waals surface area (Å²) in [6.45, 7) is 9.80. The molecule has 0 aliphatic heterocycles. The molecular formula is C18H26IN. The molecular weight excluding hydrogens is 357 g/mol. The minimum atomic E-state index is 0.448. The maximum absolute atomic E-state index is 3.94. The van der Waals surface area contributed by atoms with Gasteiger partial charge in [-0.25, -0.2) is 0 Å². The SMILES string of the molecule is CC(NC1CC2CCC1(C)C2(C)C)c1ccc(I)cc1. The van der Waals surface area contributed by atoms with Gasteiger partial charge in [0.15, 0.2) is 0 Å². The van der Waals surface area contributed by atoms with E-state index in [1.165, 1.54) is 28.4 Å². The highest BCUT2D eigenvalue weighted by Gasteiger charge is 2.61. The van der Waals surface area contributed by atoms with Crippen LogP contribution in [-0.2, 0) is 0 Å². The van der Waals surface area contributed by atoms with E-state index in [9.17, 15) is 0 Å². The van der Waals surface area contributed by atoms with Crippen molar-refractivity contribution in [3.8, 4) is 0 Å². The maximum atomic E-state index is 3.94. The van der Waals surface area contributed by atoms with Crippen molar-refractivity contribution in [2.45, 2.75) is 59.0 Å². The van der Waals surface area contributed by atoms with E-state index in [0.717, 1.165) is 5.92 Å². The van der Waals surface area contributed by atoms with Gasteiger partial charge in [0.1, 0.15) is 0 Å². The molecule has 1 N–H and O–H groups in total. The predicted octanol–water partition coefficient (Wildman–Crippen LogP) is 5.16. The van der Waals surface area contributed by atoms with Gasteiger partial charge in [0.2, 0.25) is 0 Å². The molecule has 2 bridgehead atoms. The predicted molar refractivity (Wildman–Crippen MR) is 93.7 cm³/mol. The minimum Gasteiger partial charge on any atom is -0.307 e. The number of hydrogen-bond donors (Lipinski definition) is 1. The van der Waals surface area contributed by atoms with Crippen LogP contribution in [0.2, 0.25) is 0 Å². The Kier molecular flexibility index (Phi) is 3.69. The van der Waals surface area contributed by atoms with Crippen molar-refractivity contribution in [1.82, 2.24) is 5.32 Å². The highest BCUT2D eigenvalue weighted by molar-refractivity contribution is 14.1. The lowest BCUT2D eigenvalue weighted by Gasteiger charge is -2.40. The minimum absolute atomic E-state index is 0.448. The fraction of sp³-hybridized carbons (Fsp3) is 0.667. The molecule has 110 valence electrons. The summed E-state index contributed by atoms with van der Waals surface area (Å²) < 4.78 is 1.31. The van der Waals surface area contributed by atoms with Crippen molar-refractivity contribution in [1.29, 1.82) is 0 Å². The highest BCUT2D eigenvalue weighted by Crippen LogP contribution is 2.65. The largest absolute Gasteiger partial charge is 0.307 e. The Morgan fingerprint density at radius 2 is 1.85 bits per heavy atom. The lowest BCUT2D eigenvalue weighted by molar-refractivity contribution is 0.116. The summed E-state index contributed by atoms with van der Waals surface area (Å²) in [5, 5.41) is 3.94. The van der Waals surface area contributed by atoms with Crippen molar-refractivity contribution in [2.75, 3.05) is 0 Å². The van der Waals surface area contributed by atoms with E-state index in [0.29, 0.717) is 22.9 Å². The zero-order valence-corrected chi connectivity index (χ0v) is 15.2. The molecule has 1 aromatic carbocycles. The molecule has 1 aromatic rings. The first-order valence-corrected chi connectivity index (χ1v) is 8.94. The smallest absolute Gasteiger partial charge is 0.0294 e. The molecule has 4 unspecified atom stereocenters. The van der Waals surface area contributed by atoms with E-state index in [-0.39, 0.29) is 0 Å². The summed E-state index contributed by atoms with van der Waals surface area (Å²) in [6, 6.07) is 10.1. The van der Waals surface area contributed by atoms with Gasteiger partial charge >= 0.3 is 0 Å². The van der Waals surface area contributed by atoms with Gasteiger partial charge in [-0.1, -0.05) is 32.9 Å². The molecule has 4 atom stereocenters. The van der Waals surface area contributed by atoms with Gasteiger partial charge < -0.3 is 5.32 Å². The third-order valence-corrected chi connectivity index (χ3v) is 7.33. The van der Waals surface area contributed by atoms with Crippen molar-refractivity contribution < 1.29 is 0 Å². The van der Waals surface area contributed by atoms with Gasteiger partial charge in [-0.3, -0.25) is 0 Å². The van der Waals surface area contributed by atoms with E-state index in [1.54, 1.807) is 0 Å². The molecule has 2 heteroatoms. The lowest BCUT2D eigenvalue weighted by atomic mass is 9.69. The molecule has 0 amide bonds. The second kappa shape index (κ2) is 4.98. The van der Waals surface area contributed by atoms with Gasteiger partial charge in [0, 0.05) is 15.7 Å². The Hall–Kier alpha value is -0.0900. The molecule has 1 nitrogen and oxygen atoms in total. The molecule has 0 aromatic heterocycles. The van der Waals surface area contributed by atoms with Gasteiger partial charge in [0.25, 0.3) is 0 Å². The first-order valence-electron chi connectivity index (χ1n) is 7.86. The van der Waals surface area contributed by atoms with Crippen LogP contribution in [0.25, 0.3) is 0 Å². The van der Waals surface area contributed by atoms with Crippen LogP contribution in [0.3, 0.4) is 0 Å². The molecule has 2 fully saturated rings. The highest BCUT2D eigenvalue weighted by atomic mass is 127. The van der Waals surface area contributed by atoms with Crippen molar-refractivity contribution in [2.24, 2.45) is 16.7 Å². The topological polar surface area (TPSA) is 12.0 Å². The van der Waals surface area contributed by atoms with E-state index >= 15 is 0 Å². The van der Waals surface area contributed by atoms with Crippen molar-refractivity contribution in [3.05, 3.63) is 33.4 Å². The average molecular weight is 383 g/mol. The first-order chi connectivity index (χ1) is 9.34. The van der Waals surface area contributed by atoms with Gasteiger partial charge in [0.05, 0.1) is 0 Å². The quantitative estimate of drug-likeness (QED) is 0.712. The number of fused-ring (bicyclic) bond motifs is 2. The second-order valence-electron chi connectivity index (χ2n) is 7.60. The van der Waals surface area contributed by atoms with Crippen LogP contribution in [0.15, 0.2) is 24.3 Å². The molecule has 2 aliphatic carbocycles. The molecule has 3 rings (SSSR count). The van der Waals surface area contributed by atoms with Gasteiger partial charge in [-0.2, -0.15) is 0 Å². The molecule has 2 saturated carbocycles. The molecule has 0 radical (unpaired) electrons. The third-order valence-electron chi connectivity index (χ3n) is 6.62. The van der Waals surface area contributed by atoms with Gasteiger partial charge in [-0.15, -0.1) is 0 Å². The fourth-order valence-electron chi connectivity index (χ4n) is 4.61. The van der Waals surface area contributed by atoms with Crippen LogP contribution >= 0.6 is 22.6 Å². The number of benzene rings is 1. The number of rotatable bonds is 3. The third kappa shape index (κ3) is 2.14. The average Bonchev–Trinajstić information content (AvgIpc) is 2.72. The summed E-state index contributed by atoms with van der Waals surface area (Å²) in [5.74, 6) is 0.911. The molecule has 0 saturated heterocycles. The first kappa shape index (κ1) is 14.8. The van der Waals surface area contributed by atoms with Crippen LogP contribution in [0.1, 0.15) is 58.6 Å². The molecule has 20 heavy (non-hydrogen) atoms. The molecule has 0 heterocycles. The summed E-state index contributed by atoms with van der Waals surface area (Å²) in [6.07, 6.45) is 4.18.